The molecular formula is C15H24N2O3S. The average Bonchev–Trinajstić information content (AvgIpc) is 2.47. The van der Waals surface area contributed by atoms with Crippen LogP contribution in [-0.4, -0.2) is 32.4 Å². The highest BCUT2D eigenvalue weighted by Gasteiger charge is 2.29. The molecule has 1 aromatic carbocycles. The Kier molecular flexibility index (Phi) is 5.24. The van der Waals surface area contributed by atoms with Crippen molar-refractivity contribution in [2.75, 3.05) is 19.7 Å². The molecule has 5 nitrogen and oxygen atoms in total. The predicted octanol–water partition coefficient (Wildman–Crippen LogP) is 1.96. The minimum atomic E-state index is -3.44. The number of rotatable bonds is 5. The largest absolute Gasteiger partial charge is 0.494 e. The van der Waals surface area contributed by atoms with E-state index in [1.54, 1.807) is 22.5 Å². The monoisotopic (exact) mass is 312 g/mol. The van der Waals surface area contributed by atoms with Gasteiger partial charge in [0.05, 0.1) is 11.5 Å². The van der Waals surface area contributed by atoms with Crippen LogP contribution in [0.3, 0.4) is 0 Å². The minimum Gasteiger partial charge on any atom is -0.494 e. The van der Waals surface area contributed by atoms with Gasteiger partial charge >= 0.3 is 0 Å². The Morgan fingerprint density at radius 1 is 1.43 bits per heavy atom. The van der Waals surface area contributed by atoms with E-state index in [1.165, 1.54) is 0 Å². The fourth-order valence-corrected chi connectivity index (χ4v) is 4.34. The van der Waals surface area contributed by atoms with E-state index < -0.39 is 10.0 Å². The molecule has 2 N–H and O–H groups in total. The van der Waals surface area contributed by atoms with Crippen molar-refractivity contribution in [1.29, 1.82) is 0 Å². The van der Waals surface area contributed by atoms with E-state index in [4.69, 9.17) is 10.5 Å². The van der Waals surface area contributed by atoms with Crippen LogP contribution in [0.1, 0.15) is 32.3 Å². The Balaban J connectivity index is 2.31. The first-order valence-corrected chi connectivity index (χ1v) is 8.89. The molecule has 21 heavy (non-hydrogen) atoms. The highest BCUT2D eigenvalue weighted by molar-refractivity contribution is 7.89. The van der Waals surface area contributed by atoms with Crippen molar-refractivity contribution in [3.8, 4) is 5.75 Å². The lowest BCUT2D eigenvalue weighted by molar-refractivity contribution is 0.281. The van der Waals surface area contributed by atoms with Gasteiger partial charge in [-0.15, -0.1) is 0 Å². The van der Waals surface area contributed by atoms with Crippen molar-refractivity contribution >= 4 is 10.0 Å². The topological polar surface area (TPSA) is 72.6 Å². The molecule has 1 aromatic rings. The summed E-state index contributed by atoms with van der Waals surface area (Å²) in [7, 11) is -3.44. The zero-order valence-electron chi connectivity index (χ0n) is 12.7. The van der Waals surface area contributed by atoms with E-state index in [-0.39, 0.29) is 6.54 Å². The lowest BCUT2D eigenvalue weighted by Gasteiger charge is -2.30. The van der Waals surface area contributed by atoms with Gasteiger partial charge in [-0.2, -0.15) is 4.31 Å². The molecule has 0 amide bonds. The quantitative estimate of drug-likeness (QED) is 0.902. The number of nitrogens with two attached hydrogens (primary N) is 1. The number of piperidine rings is 1. The van der Waals surface area contributed by atoms with Crippen LogP contribution >= 0.6 is 0 Å². The van der Waals surface area contributed by atoms with Crippen molar-refractivity contribution < 1.29 is 13.2 Å². The van der Waals surface area contributed by atoms with E-state index in [0.29, 0.717) is 36.3 Å². The highest BCUT2D eigenvalue weighted by Crippen LogP contribution is 2.27. The van der Waals surface area contributed by atoms with Crippen molar-refractivity contribution in [3.63, 3.8) is 0 Å². The molecule has 1 unspecified atom stereocenters. The number of hydrogen-bond donors (Lipinski definition) is 1. The number of hydrogen-bond acceptors (Lipinski definition) is 4. The lowest BCUT2D eigenvalue weighted by atomic mass is 10.0. The maximum Gasteiger partial charge on any atom is 0.243 e. The van der Waals surface area contributed by atoms with Crippen LogP contribution in [0.2, 0.25) is 0 Å². The Bertz CT molecular complexity index is 587. The Labute approximate surface area is 127 Å². The van der Waals surface area contributed by atoms with Crippen LogP contribution < -0.4 is 10.5 Å². The summed E-state index contributed by atoms with van der Waals surface area (Å²) in [4.78, 5) is 0.306. The molecule has 0 radical (unpaired) electrons. The van der Waals surface area contributed by atoms with Gasteiger partial charge in [0.1, 0.15) is 5.75 Å². The van der Waals surface area contributed by atoms with Gasteiger partial charge in [-0.25, -0.2) is 8.42 Å². The zero-order valence-corrected chi connectivity index (χ0v) is 13.5. The van der Waals surface area contributed by atoms with Crippen molar-refractivity contribution in [2.24, 2.45) is 11.7 Å². The SMILES string of the molecule is CCOc1ccc(S(=O)(=O)N2CCCC(C)C2)cc1CN. The molecule has 1 atom stereocenters. The van der Waals surface area contributed by atoms with Gasteiger partial charge in [0, 0.05) is 25.2 Å². The van der Waals surface area contributed by atoms with Gasteiger partial charge in [-0.3, -0.25) is 0 Å². The molecule has 0 aliphatic carbocycles. The minimum absolute atomic E-state index is 0.259. The third-order valence-electron chi connectivity index (χ3n) is 3.81. The number of nitrogens with zero attached hydrogens (tertiary/aromatic N) is 1. The molecule has 0 aromatic heterocycles. The van der Waals surface area contributed by atoms with Gasteiger partial charge in [-0.1, -0.05) is 6.92 Å². The van der Waals surface area contributed by atoms with E-state index >= 15 is 0 Å². The molecule has 1 heterocycles. The van der Waals surface area contributed by atoms with Gasteiger partial charge in [0.2, 0.25) is 10.0 Å². The van der Waals surface area contributed by atoms with Gasteiger partial charge in [0.25, 0.3) is 0 Å². The number of ether oxygens (including phenoxy) is 1. The van der Waals surface area contributed by atoms with E-state index in [9.17, 15) is 8.42 Å². The zero-order chi connectivity index (χ0) is 15.5. The second-order valence-electron chi connectivity index (χ2n) is 5.52. The molecular weight excluding hydrogens is 288 g/mol. The standard InChI is InChI=1S/C15H24N2O3S/c1-3-20-15-7-6-14(9-13(15)10-16)21(18,19)17-8-4-5-12(2)11-17/h6-7,9,12H,3-5,8,10-11,16H2,1-2H3. The Morgan fingerprint density at radius 3 is 2.81 bits per heavy atom. The Hall–Kier alpha value is -1.11. The van der Waals surface area contributed by atoms with Gasteiger partial charge in [-0.05, 0) is 43.9 Å². The molecule has 1 aliphatic rings. The Morgan fingerprint density at radius 2 is 2.19 bits per heavy atom. The summed E-state index contributed by atoms with van der Waals surface area (Å²) < 4.78 is 32.5. The van der Waals surface area contributed by atoms with Crippen molar-refractivity contribution in [2.45, 2.75) is 38.1 Å². The molecule has 0 saturated carbocycles. The summed E-state index contributed by atoms with van der Waals surface area (Å²) in [5, 5.41) is 0. The average molecular weight is 312 g/mol. The fourth-order valence-electron chi connectivity index (χ4n) is 2.69. The highest BCUT2D eigenvalue weighted by atomic mass is 32.2. The maximum absolute atomic E-state index is 12.7. The van der Waals surface area contributed by atoms with E-state index in [0.717, 1.165) is 18.4 Å². The maximum atomic E-state index is 12.7. The predicted molar refractivity (Wildman–Crippen MR) is 82.7 cm³/mol. The van der Waals surface area contributed by atoms with Crippen LogP contribution in [0.25, 0.3) is 0 Å². The third kappa shape index (κ3) is 3.56. The second kappa shape index (κ2) is 6.77. The van der Waals surface area contributed by atoms with Crippen LogP contribution in [0.5, 0.6) is 5.75 Å². The molecule has 6 heteroatoms. The molecule has 0 spiro atoms. The van der Waals surface area contributed by atoms with Crippen LogP contribution in [0.4, 0.5) is 0 Å². The summed E-state index contributed by atoms with van der Waals surface area (Å²) in [6.45, 7) is 5.95. The smallest absolute Gasteiger partial charge is 0.243 e. The first kappa shape index (κ1) is 16.3. The van der Waals surface area contributed by atoms with Crippen LogP contribution in [0, 0.1) is 5.92 Å². The summed E-state index contributed by atoms with van der Waals surface area (Å²) in [5.41, 5.74) is 6.43. The third-order valence-corrected chi connectivity index (χ3v) is 5.67. The van der Waals surface area contributed by atoms with E-state index in [1.807, 2.05) is 6.92 Å². The first-order chi connectivity index (χ1) is 9.98. The van der Waals surface area contributed by atoms with Crippen LogP contribution in [0.15, 0.2) is 23.1 Å². The summed E-state index contributed by atoms with van der Waals surface area (Å²) >= 11 is 0. The summed E-state index contributed by atoms with van der Waals surface area (Å²) in [6.07, 6.45) is 2.00. The van der Waals surface area contributed by atoms with Gasteiger partial charge in [0.15, 0.2) is 0 Å². The first-order valence-electron chi connectivity index (χ1n) is 7.45. The molecule has 0 bridgehead atoms. The summed E-state index contributed by atoms with van der Waals surface area (Å²) in [6, 6.07) is 4.95. The number of sulfonamides is 1. The lowest BCUT2D eigenvalue weighted by Crippen LogP contribution is -2.39. The molecule has 2 rings (SSSR count). The van der Waals surface area contributed by atoms with Crippen molar-refractivity contribution in [1.82, 2.24) is 4.31 Å². The molecule has 1 saturated heterocycles. The van der Waals surface area contributed by atoms with Crippen molar-refractivity contribution in [3.05, 3.63) is 23.8 Å². The van der Waals surface area contributed by atoms with Crippen LogP contribution in [-0.2, 0) is 16.6 Å². The van der Waals surface area contributed by atoms with E-state index in [2.05, 4.69) is 6.92 Å². The second-order valence-corrected chi connectivity index (χ2v) is 7.46. The fraction of sp³-hybridized carbons (Fsp3) is 0.600. The van der Waals surface area contributed by atoms with Gasteiger partial charge < -0.3 is 10.5 Å². The summed E-state index contributed by atoms with van der Waals surface area (Å²) in [5.74, 6) is 1.07. The number of benzene rings is 1. The molecule has 1 aliphatic heterocycles. The normalized spacial score (nSPS) is 20.4. The molecule has 1 fully saturated rings. The molecule has 118 valence electrons.